The summed E-state index contributed by atoms with van der Waals surface area (Å²) in [4.78, 5) is 17.5. The van der Waals surface area contributed by atoms with Gasteiger partial charge in [-0.05, 0) is 83.0 Å². The molecule has 0 spiro atoms. The number of amidine groups is 1. The van der Waals surface area contributed by atoms with E-state index < -0.39 is 0 Å². The molecule has 1 saturated heterocycles. The lowest BCUT2D eigenvalue weighted by atomic mass is 10.1. The van der Waals surface area contributed by atoms with E-state index in [0.29, 0.717) is 16.7 Å². The summed E-state index contributed by atoms with van der Waals surface area (Å²) >= 11 is 4.91. The predicted molar refractivity (Wildman–Crippen MR) is 132 cm³/mol. The molecule has 1 fully saturated rings. The summed E-state index contributed by atoms with van der Waals surface area (Å²) in [5.74, 6) is 0.611. The number of rotatable bonds is 5. The van der Waals surface area contributed by atoms with E-state index >= 15 is 0 Å². The number of carbonyl (C=O) groups is 1. The topological polar surface area (TPSA) is 50.7 Å². The number of benzene rings is 3. The fourth-order valence-corrected chi connectivity index (χ4v) is 4.29. The predicted octanol–water partition coefficient (Wildman–Crippen LogP) is 6.54. The Kier molecular flexibility index (Phi) is 6.59. The first-order valence-electron chi connectivity index (χ1n) is 9.80. The Labute approximate surface area is 194 Å². The average Bonchev–Trinajstić information content (AvgIpc) is 3.09. The van der Waals surface area contributed by atoms with Gasteiger partial charge in [-0.15, -0.1) is 0 Å². The quantitative estimate of drug-likeness (QED) is 0.411. The van der Waals surface area contributed by atoms with Gasteiger partial charge < -0.3 is 10.1 Å². The van der Waals surface area contributed by atoms with E-state index in [1.807, 2.05) is 55.5 Å². The Bertz CT molecular complexity index is 1170. The number of nitrogens with one attached hydrogen (secondary N) is 1. The van der Waals surface area contributed by atoms with E-state index in [4.69, 9.17) is 4.74 Å². The zero-order valence-corrected chi connectivity index (χ0v) is 19.6. The van der Waals surface area contributed by atoms with Crippen LogP contribution >= 0.6 is 27.7 Å². The van der Waals surface area contributed by atoms with Crippen LogP contribution in [0.2, 0.25) is 0 Å². The highest BCUT2D eigenvalue weighted by molar-refractivity contribution is 9.10. The Balaban J connectivity index is 1.44. The van der Waals surface area contributed by atoms with E-state index in [0.717, 1.165) is 27.0 Å². The third kappa shape index (κ3) is 5.66. The summed E-state index contributed by atoms with van der Waals surface area (Å²) in [7, 11) is 0. The van der Waals surface area contributed by atoms with Gasteiger partial charge in [0.2, 0.25) is 0 Å². The van der Waals surface area contributed by atoms with Crippen LogP contribution in [0.15, 0.2) is 81.1 Å². The molecule has 31 heavy (non-hydrogen) atoms. The minimum absolute atomic E-state index is 0.147. The molecule has 0 aromatic heterocycles. The number of carbonyl (C=O) groups excluding carboxylic acids is 1. The van der Waals surface area contributed by atoms with Crippen LogP contribution in [0.5, 0.6) is 5.75 Å². The smallest absolute Gasteiger partial charge is 0.264 e. The molecule has 4 rings (SSSR count). The van der Waals surface area contributed by atoms with Crippen molar-refractivity contribution in [1.29, 1.82) is 0 Å². The maximum atomic E-state index is 12.4. The van der Waals surface area contributed by atoms with Crippen molar-refractivity contribution in [3.05, 3.63) is 98.4 Å². The highest BCUT2D eigenvalue weighted by Crippen LogP contribution is 2.31. The summed E-state index contributed by atoms with van der Waals surface area (Å²) in [6, 6.07) is 21.9. The maximum Gasteiger partial charge on any atom is 0.264 e. The molecule has 0 atom stereocenters. The summed E-state index contributed by atoms with van der Waals surface area (Å²) in [6.45, 7) is 4.59. The van der Waals surface area contributed by atoms with Gasteiger partial charge in [0.25, 0.3) is 5.91 Å². The molecule has 1 N–H and O–H groups in total. The van der Waals surface area contributed by atoms with Gasteiger partial charge in [0.1, 0.15) is 12.4 Å². The monoisotopic (exact) mass is 492 g/mol. The lowest BCUT2D eigenvalue weighted by Crippen LogP contribution is -2.19. The molecule has 1 heterocycles. The number of hydrogen-bond acceptors (Lipinski definition) is 4. The Morgan fingerprint density at radius 1 is 1.00 bits per heavy atom. The molecular formula is C25H21BrN2O2S. The average molecular weight is 493 g/mol. The van der Waals surface area contributed by atoms with Crippen molar-refractivity contribution in [2.75, 3.05) is 0 Å². The van der Waals surface area contributed by atoms with Gasteiger partial charge in [-0.2, -0.15) is 0 Å². The minimum atomic E-state index is -0.147. The lowest BCUT2D eigenvalue weighted by Gasteiger charge is -2.09. The van der Waals surface area contributed by atoms with Crippen LogP contribution in [0.4, 0.5) is 5.69 Å². The molecule has 4 nitrogen and oxygen atoms in total. The van der Waals surface area contributed by atoms with Crippen molar-refractivity contribution >= 4 is 50.5 Å². The third-order valence-electron chi connectivity index (χ3n) is 4.68. The van der Waals surface area contributed by atoms with Crippen LogP contribution in [0.25, 0.3) is 6.08 Å². The second kappa shape index (κ2) is 9.54. The molecule has 1 aliphatic heterocycles. The second-order valence-electron chi connectivity index (χ2n) is 7.28. The van der Waals surface area contributed by atoms with Gasteiger partial charge in [-0.1, -0.05) is 53.6 Å². The van der Waals surface area contributed by atoms with Crippen LogP contribution in [-0.2, 0) is 11.4 Å². The van der Waals surface area contributed by atoms with Crippen molar-refractivity contribution in [2.24, 2.45) is 4.99 Å². The number of hydrogen-bond donors (Lipinski definition) is 1. The van der Waals surface area contributed by atoms with Crippen molar-refractivity contribution < 1.29 is 9.53 Å². The van der Waals surface area contributed by atoms with E-state index in [2.05, 4.69) is 57.4 Å². The largest absolute Gasteiger partial charge is 0.488 e. The Hall–Kier alpha value is -2.83. The Morgan fingerprint density at radius 3 is 2.35 bits per heavy atom. The van der Waals surface area contributed by atoms with E-state index in [-0.39, 0.29) is 5.91 Å². The van der Waals surface area contributed by atoms with Gasteiger partial charge in [-0.25, -0.2) is 4.99 Å². The van der Waals surface area contributed by atoms with Gasteiger partial charge >= 0.3 is 0 Å². The zero-order chi connectivity index (χ0) is 21.8. The van der Waals surface area contributed by atoms with Gasteiger partial charge in [-0.3, -0.25) is 4.79 Å². The molecule has 0 radical (unpaired) electrons. The van der Waals surface area contributed by atoms with Crippen molar-refractivity contribution in [3.8, 4) is 5.75 Å². The molecular weight excluding hydrogens is 472 g/mol. The lowest BCUT2D eigenvalue weighted by molar-refractivity contribution is -0.115. The number of nitrogens with zero attached hydrogens (tertiary/aromatic N) is 1. The van der Waals surface area contributed by atoms with E-state index in [9.17, 15) is 4.79 Å². The first-order valence-corrected chi connectivity index (χ1v) is 11.4. The van der Waals surface area contributed by atoms with Gasteiger partial charge in [0, 0.05) is 0 Å². The van der Waals surface area contributed by atoms with E-state index in [1.165, 1.54) is 22.9 Å². The number of amides is 1. The zero-order valence-electron chi connectivity index (χ0n) is 17.2. The van der Waals surface area contributed by atoms with Crippen LogP contribution in [0.3, 0.4) is 0 Å². The fourth-order valence-electron chi connectivity index (χ4n) is 2.94. The normalized spacial score (nSPS) is 16.0. The highest BCUT2D eigenvalue weighted by atomic mass is 79.9. The van der Waals surface area contributed by atoms with Crippen LogP contribution in [0.1, 0.15) is 22.3 Å². The standard InChI is InChI=1S/C25H21BrN2O2S/c1-16-3-7-18(8-4-16)15-30-22-12-9-19(13-21(22)26)14-23-24(29)28-25(31-23)27-20-10-5-17(2)6-11-20/h3-14H,15H2,1-2H3,(H,27,28,29)/b23-14+. The maximum absolute atomic E-state index is 12.4. The van der Waals surface area contributed by atoms with E-state index in [1.54, 1.807) is 0 Å². The molecule has 6 heteroatoms. The number of aryl methyl sites for hydroxylation is 2. The summed E-state index contributed by atoms with van der Waals surface area (Å²) in [5.41, 5.74) is 5.23. The summed E-state index contributed by atoms with van der Waals surface area (Å²) < 4.78 is 6.77. The molecule has 1 amide bonds. The van der Waals surface area contributed by atoms with Gasteiger partial charge in [0.15, 0.2) is 5.17 Å². The van der Waals surface area contributed by atoms with Crippen molar-refractivity contribution in [1.82, 2.24) is 5.32 Å². The number of aliphatic imine (C=N–C) groups is 1. The highest BCUT2D eigenvalue weighted by Gasteiger charge is 2.23. The summed E-state index contributed by atoms with van der Waals surface area (Å²) in [6.07, 6.45) is 1.85. The molecule has 3 aromatic rings. The SMILES string of the molecule is Cc1ccc(COc2ccc(/C=C3/SC(=Nc4ccc(C)cc4)NC3=O)cc2Br)cc1. The summed E-state index contributed by atoms with van der Waals surface area (Å²) in [5, 5.41) is 3.41. The molecule has 1 aliphatic rings. The Morgan fingerprint density at radius 2 is 1.68 bits per heavy atom. The first-order chi connectivity index (χ1) is 15.0. The fraction of sp³-hybridized carbons (Fsp3) is 0.120. The first kappa shape index (κ1) is 21.4. The molecule has 156 valence electrons. The second-order valence-corrected chi connectivity index (χ2v) is 9.17. The number of ether oxygens (including phenoxy) is 1. The van der Waals surface area contributed by atoms with Crippen LogP contribution in [0, 0.1) is 13.8 Å². The molecule has 3 aromatic carbocycles. The third-order valence-corrected chi connectivity index (χ3v) is 6.21. The molecule has 0 aliphatic carbocycles. The van der Waals surface area contributed by atoms with Crippen LogP contribution in [-0.4, -0.2) is 11.1 Å². The van der Waals surface area contributed by atoms with Crippen LogP contribution < -0.4 is 10.1 Å². The molecule has 0 unspecified atom stereocenters. The minimum Gasteiger partial charge on any atom is -0.488 e. The van der Waals surface area contributed by atoms with Crippen molar-refractivity contribution in [2.45, 2.75) is 20.5 Å². The number of thioether (sulfide) groups is 1. The molecule has 0 bridgehead atoms. The molecule has 0 saturated carbocycles. The van der Waals surface area contributed by atoms with Crippen molar-refractivity contribution in [3.63, 3.8) is 0 Å². The number of halogens is 1. The van der Waals surface area contributed by atoms with Gasteiger partial charge in [0.05, 0.1) is 15.1 Å².